The first-order chi connectivity index (χ1) is 9.52. The highest BCUT2D eigenvalue weighted by atomic mass is 79.9. The molecule has 2 rings (SSSR count). The largest absolute Gasteiger partial charge is 0.388 e. The molecule has 0 radical (unpaired) electrons. The van der Waals surface area contributed by atoms with Gasteiger partial charge in [-0.25, -0.2) is 0 Å². The van der Waals surface area contributed by atoms with Gasteiger partial charge in [-0.3, -0.25) is 0 Å². The van der Waals surface area contributed by atoms with Gasteiger partial charge in [0.25, 0.3) is 0 Å². The van der Waals surface area contributed by atoms with Gasteiger partial charge >= 0.3 is 0 Å². The average Bonchev–Trinajstić information content (AvgIpc) is 2.40. The van der Waals surface area contributed by atoms with Crippen molar-refractivity contribution in [3.63, 3.8) is 0 Å². The van der Waals surface area contributed by atoms with E-state index in [1.165, 1.54) is 0 Å². The zero-order valence-electron chi connectivity index (χ0n) is 10.6. The lowest BCUT2D eigenvalue weighted by Crippen LogP contribution is -2.20. The molecule has 2 atom stereocenters. The van der Waals surface area contributed by atoms with Crippen LogP contribution in [0.3, 0.4) is 0 Å². The fourth-order valence-electron chi connectivity index (χ4n) is 2.18. The van der Waals surface area contributed by atoms with E-state index >= 15 is 0 Å². The van der Waals surface area contributed by atoms with Crippen LogP contribution < -0.4 is 5.73 Å². The summed E-state index contributed by atoms with van der Waals surface area (Å²) in [5.74, 6) is -0.236. The van der Waals surface area contributed by atoms with Crippen LogP contribution in [0.4, 0.5) is 0 Å². The van der Waals surface area contributed by atoms with Gasteiger partial charge in [-0.05, 0) is 35.4 Å². The van der Waals surface area contributed by atoms with Gasteiger partial charge in [-0.15, -0.1) is 0 Å². The molecule has 0 aliphatic heterocycles. The molecule has 0 heterocycles. The van der Waals surface area contributed by atoms with Gasteiger partial charge in [0.1, 0.15) is 0 Å². The Morgan fingerprint density at radius 2 is 1.70 bits per heavy atom. The van der Waals surface area contributed by atoms with E-state index in [0.29, 0.717) is 22.2 Å². The molecule has 0 spiro atoms. The van der Waals surface area contributed by atoms with Crippen LogP contribution in [0.25, 0.3) is 0 Å². The minimum absolute atomic E-state index is 0.236. The van der Waals surface area contributed by atoms with Gasteiger partial charge < -0.3 is 10.8 Å². The molecule has 0 fully saturated rings. The number of benzene rings is 2. The van der Waals surface area contributed by atoms with Crippen molar-refractivity contribution in [1.29, 1.82) is 0 Å². The molecule has 0 amide bonds. The third kappa shape index (κ3) is 3.54. The van der Waals surface area contributed by atoms with E-state index in [-0.39, 0.29) is 5.92 Å². The molecule has 0 saturated carbocycles. The molecule has 0 bridgehead atoms. The van der Waals surface area contributed by atoms with E-state index in [4.69, 9.17) is 28.9 Å². The summed E-state index contributed by atoms with van der Waals surface area (Å²) in [5.41, 5.74) is 7.46. The van der Waals surface area contributed by atoms with E-state index < -0.39 is 6.10 Å². The number of halogens is 3. The van der Waals surface area contributed by atoms with Crippen LogP contribution in [0.2, 0.25) is 10.0 Å². The van der Waals surface area contributed by atoms with E-state index in [1.54, 1.807) is 18.2 Å². The predicted molar refractivity (Wildman–Crippen MR) is 87.4 cm³/mol. The van der Waals surface area contributed by atoms with Crippen LogP contribution in [0.1, 0.15) is 23.1 Å². The molecule has 5 heteroatoms. The zero-order chi connectivity index (χ0) is 14.7. The first-order valence-electron chi connectivity index (χ1n) is 6.11. The van der Waals surface area contributed by atoms with Crippen molar-refractivity contribution in [3.05, 3.63) is 68.1 Å². The predicted octanol–water partition coefficient (Wildman–Crippen LogP) is 4.53. The van der Waals surface area contributed by atoms with Crippen LogP contribution in [-0.2, 0) is 0 Å². The summed E-state index contributed by atoms with van der Waals surface area (Å²) in [6, 6.07) is 12.8. The molecular weight excluding hydrogens is 361 g/mol. The van der Waals surface area contributed by atoms with Crippen molar-refractivity contribution in [2.24, 2.45) is 5.73 Å². The van der Waals surface area contributed by atoms with Crippen molar-refractivity contribution in [2.75, 3.05) is 6.54 Å². The fourth-order valence-corrected chi connectivity index (χ4v) is 3.30. The van der Waals surface area contributed by atoms with Crippen LogP contribution in [0, 0.1) is 0 Å². The molecule has 0 aromatic heterocycles. The highest BCUT2D eigenvalue weighted by molar-refractivity contribution is 9.10. The number of aliphatic hydroxyl groups is 1. The Morgan fingerprint density at radius 1 is 1.10 bits per heavy atom. The van der Waals surface area contributed by atoms with Gasteiger partial charge in [0, 0.05) is 27.0 Å². The van der Waals surface area contributed by atoms with Crippen molar-refractivity contribution in [2.45, 2.75) is 12.0 Å². The monoisotopic (exact) mass is 373 g/mol. The van der Waals surface area contributed by atoms with Gasteiger partial charge in [0.2, 0.25) is 0 Å². The average molecular weight is 375 g/mol. The lowest BCUT2D eigenvalue weighted by molar-refractivity contribution is 0.147. The maximum Gasteiger partial charge on any atom is 0.0872 e. The number of aliphatic hydroxyl groups excluding tert-OH is 1. The second-order valence-corrected chi connectivity index (χ2v) is 6.24. The molecule has 0 aliphatic rings. The highest BCUT2D eigenvalue weighted by Crippen LogP contribution is 2.35. The Kier molecular flexibility index (Phi) is 5.47. The van der Waals surface area contributed by atoms with Crippen LogP contribution in [-0.4, -0.2) is 11.7 Å². The quantitative estimate of drug-likeness (QED) is 0.825. The van der Waals surface area contributed by atoms with Gasteiger partial charge in [0.05, 0.1) is 6.10 Å². The first-order valence-corrected chi connectivity index (χ1v) is 7.66. The van der Waals surface area contributed by atoms with Crippen molar-refractivity contribution in [3.8, 4) is 0 Å². The molecule has 2 aromatic rings. The lowest BCUT2D eigenvalue weighted by Gasteiger charge is -2.23. The SMILES string of the molecule is NCC(c1ccccc1Br)C(O)c1cc(Cl)cc(Cl)c1. The summed E-state index contributed by atoms with van der Waals surface area (Å²) in [7, 11) is 0. The third-order valence-electron chi connectivity index (χ3n) is 3.17. The molecule has 0 aliphatic carbocycles. The van der Waals surface area contributed by atoms with E-state index in [9.17, 15) is 5.11 Å². The maximum absolute atomic E-state index is 10.6. The van der Waals surface area contributed by atoms with Gasteiger partial charge in [-0.2, -0.15) is 0 Å². The number of hydrogen-bond donors (Lipinski definition) is 2. The van der Waals surface area contributed by atoms with Crippen molar-refractivity contribution in [1.82, 2.24) is 0 Å². The topological polar surface area (TPSA) is 46.2 Å². The molecule has 2 nitrogen and oxygen atoms in total. The number of rotatable bonds is 4. The Balaban J connectivity index is 2.39. The zero-order valence-corrected chi connectivity index (χ0v) is 13.7. The third-order valence-corrected chi connectivity index (χ3v) is 4.32. The van der Waals surface area contributed by atoms with Crippen molar-refractivity contribution >= 4 is 39.1 Å². The standard InChI is InChI=1S/C15H14BrCl2NO/c16-14-4-2-1-3-12(14)13(8-19)15(20)9-5-10(17)7-11(18)6-9/h1-7,13,15,20H,8,19H2. The minimum Gasteiger partial charge on any atom is -0.388 e. The maximum atomic E-state index is 10.6. The Labute approximate surface area is 136 Å². The summed E-state index contributed by atoms with van der Waals surface area (Å²) in [4.78, 5) is 0. The summed E-state index contributed by atoms with van der Waals surface area (Å²) < 4.78 is 0.919. The normalized spacial score (nSPS) is 14.1. The lowest BCUT2D eigenvalue weighted by atomic mass is 9.89. The Bertz CT molecular complexity index is 586. The van der Waals surface area contributed by atoms with Crippen molar-refractivity contribution < 1.29 is 5.11 Å². The van der Waals surface area contributed by atoms with Crippen LogP contribution in [0.5, 0.6) is 0 Å². The fraction of sp³-hybridized carbons (Fsp3) is 0.200. The smallest absolute Gasteiger partial charge is 0.0872 e. The van der Waals surface area contributed by atoms with Crippen LogP contribution in [0.15, 0.2) is 46.9 Å². The molecule has 20 heavy (non-hydrogen) atoms. The molecule has 3 N–H and O–H groups in total. The highest BCUT2D eigenvalue weighted by Gasteiger charge is 2.23. The first kappa shape index (κ1) is 15.8. The second kappa shape index (κ2) is 6.92. The summed E-state index contributed by atoms with van der Waals surface area (Å²) in [5, 5.41) is 11.6. The summed E-state index contributed by atoms with van der Waals surface area (Å²) >= 11 is 15.5. The van der Waals surface area contributed by atoms with Gasteiger partial charge in [-0.1, -0.05) is 57.3 Å². The van der Waals surface area contributed by atoms with E-state index in [0.717, 1.165) is 10.0 Å². The molecule has 0 saturated heterocycles. The Hall–Kier alpha value is -0.580. The van der Waals surface area contributed by atoms with E-state index in [2.05, 4.69) is 15.9 Å². The molecule has 106 valence electrons. The molecule has 2 aromatic carbocycles. The van der Waals surface area contributed by atoms with Gasteiger partial charge in [0.15, 0.2) is 0 Å². The molecule has 2 unspecified atom stereocenters. The van der Waals surface area contributed by atoms with E-state index in [1.807, 2.05) is 24.3 Å². The minimum atomic E-state index is -0.769. The summed E-state index contributed by atoms with van der Waals surface area (Å²) in [6.45, 7) is 0.313. The van der Waals surface area contributed by atoms with Crippen LogP contribution >= 0.6 is 39.1 Å². The number of hydrogen-bond acceptors (Lipinski definition) is 2. The summed E-state index contributed by atoms with van der Waals surface area (Å²) in [6.07, 6.45) is -0.769. The molecular formula is C15H14BrCl2NO. The second-order valence-electron chi connectivity index (χ2n) is 4.51. The number of nitrogens with two attached hydrogens (primary N) is 1. The Morgan fingerprint density at radius 3 is 2.25 bits per heavy atom.